The monoisotopic (exact) mass is 427 g/mol. The van der Waals surface area contributed by atoms with E-state index in [4.69, 9.17) is 22.0 Å². The average Bonchev–Trinajstić information content (AvgIpc) is 2.84. The number of aryl methyl sites for hydroxylation is 1. The van der Waals surface area contributed by atoms with Crippen molar-refractivity contribution in [3.8, 4) is 11.1 Å². The minimum absolute atomic E-state index is 0.0110. The molecule has 0 saturated carbocycles. The van der Waals surface area contributed by atoms with Crippen LogP contribution in [0, 0.1) is 13.5 Å². The Kier molecular flexibility index (Phi) is 6.79. The predicted octanol–water partition coefficient (Wildman–Crippen LogP) is 4.49. The van der Waals surface area contributed by atoms with Crippen molar-refractivity contribution in [1.29, 1.82) is 0 Å². The van der Waals surface area contributed by atoms with Crippen LogP contribution in [0.4, 0.5) is 11.5 Å². The van der Waals surface area contributed by atoms with E-state index < -0.39 is 0 Å². The number of aromatic nitrogens is 2. The van der Waals surface area contributed by atoms with Gasteiger partial charge in [0.2, 0.25) is 0 Å². The third kappa shape index (κ3) is 4.80. The zero-order valence-electron chi connectivity index (χ0n) is 18.7. The largest absolute Gasteiger partial charge is 0.378 e. The summed E-state index contributed by atoms with van der Waals surface area (Å²) in [6.07, 6.45) is 0.866. The summed E-state index contributed by atoms with van der Waals surface area (Å²) in [6.45, 7) is 15.3. The maximum atomic E-state index is 7.51. The Bertz CT molecular complexity index is 1110. The molecule has 0 amide bonds. The quantitative estimate of drug-likeness (QED) is 0.587. The van der Waals surface area contributed by atoms with Gasteiger partial charge in [-0.1, -0.05) is 49.4 Å². The lowest BCUT2D eigenvalue weighted by atomic mass is 9.88. The zero-order valence-corrected chi connectivity index (χ0v) is 18.7. The molecule has 164 valence electrons. The molecule has 1 saturated heterocycles. The molecule has 1 unspecified atom stereocenters. The molecular weight excluding hydrogens is 398 g/mol. The lowest BCUT2D eigenvalue weighted by molar-refractivity contribution is 0.122. The Labute approximate surface area is 189 Å². The summed E-state index contributed by atoms with van der Waals surface area (Å²) >= 11 is 0. The van der Waals surface area contributed by atoms with Crippen LogP contribution in [0.5, 0.6) is 0 Å². The highest BCUT2D eigenvalue weighted by Gasteiger charge is 2.20. The number of hydrogen-bond donors (Lipinski definition) is 1. The molecule has 1 aliphatic heterocycles. The van der Waals surface area contributed by atoms with Crippen molar-refractivity contribution >= 4 is 11.5 Å². The molecule has 2 heterocycles. The van der Waals surface area contributed by atoms with E-state index in [1.54, 1.807) is 0 Å². The van der Waals surface area contributed by atoms with Gasteiger partial charge in [0, 0.05) is 25.1 Å². The van der Waals surface area contributed by atoms with Gasteiger partial charge >= 0.3 is 0 Å². The maximum Gasteiger partial charge on any atom is 0.187 e. The van der Waals surface area contributed by atoms with Gasteiger partial charge in [-0.2, -0.15) is 0 Å². The van der Waals surface area contributed by atoms with Gasteiger partial charge < -0.3 is 15.4 Å². The number of morpholine rings is 1. The van der Waals surface area contributed by atoms with E-state index in [1.165, 1.54) is 5.56 Å². The van der Waals surface area contributed by atoms with Gasteiger partial charge in [0.15, 0.2) is 5.69 Å². The van der Waals surface area contributed by atoms with Gasteiger partial charge in [-0.05, 0) is 42.1 Å². The maximum absolute atomic E-state index is 7.51. The minimum Gasteiger partial charge on any atom is -0.378 e. The summed E-state index contributed by atoms with van der Waals surface area (Å²) in [5, 5.41) is 0. The third-order valence-electron chi connectivity index (χ3n) is 5.95. The topological polar surface area (TPSA) is 68.6 Å². The van der Waals surface area contributed by atoms with Crippen LogP contribution >= 0.6 is 0 Å². The average molecular weight is 428 g/mol. The van der Waals surface area contributed by atoms with E-state index in [1.807, 2.05) is 25.1 Å². The molecular formula is C26H29N5O. The van der Waals surface area contributed by atoms with Crippen LogP contribution < -0.4 is 10.6 Å². The third-order valence-corrected chi connectivity index (χ3v) is 5.95. The second kappa shape index (κ2) is 9.90. The van der Waals surface area contributed by atoms with Crippen molar-refractivity contribution in [2.45, 2.75) is 26.2 Å². The molecule has 4 rings (SSSR count). The SMILES string of the molecule is [C-]#[N+]c1ccc(-c2ccc(CCN)cc2)c(C(C)c2cc(N3CCOCC3)nc(C)n2)c1. The number of rotatable bonds is 6. The van der Waals surface area contributed by atoms with Gasteiger partial charge in [0.05, 0.1) is 25.5 Å². The Balaban J connectivity index is 1.74. The normalized spacial score (nSPS) is 14.8. The first kappa shape index (κ1) is 21.9. The van der Waals surface area contributed by atoms with Crippen LogP contribution in [0.1, 0.15) is 35.5 Å². The standard InChI is InChI=1S/C26H29N5O/c1-18(25-17-26(30-19(2)29-25)31-12-14-32-15-13-31)24-16-22(28-3)8-9-23(24)21-6-4-20(5-7-21)10-11-27/h4-9,16-18H,10-15,27H2,1-2H3. The zero-order chi connectivity index (χ0) is 22.5. The molecule has 0 spiro atoms. The molecule has 2 N–H and O–H groups in total. The first-order valence-electron chi connectivity index (χ1n) is 11.1. The van der Waals surface area contributed by atoms with Crippen LogP contribution in [-0.2, 0) is 11.2 Å². The van der Waals surface area contributed by atoms with Crippen LogP contribution in [0.3, 0.4) is 0 Å². The summed E-state index contributed by atoms with van der Waals surface area (Å²) in [4.78, 5) is 15.4. The van der Waals surface area contributed by atoms with Crippen LogP contribution in [-0.4, -0.2) is 42.8 Å². The molecule has 6 nitrogen and oxygen atoms in total. The van der Waals surface area contributed by atoms with Gasteiger partial charge in [0.25, 0.3) is 0 Å². The highest BCUT2D eigenvalue weighted by atomic mass is 16.5. The first-order valence-corrected chi connectivity index (χ1v) is 11.1. The minimum atomic E-state index is 0.0110. The summed E-state index contributed by atoms with van der Waals surface area (Å²) in [5.74, 6) is 1.71. The van der Waals surface area contributed by atoms with Gasteiger partial charge in [-0.25, -0.2) is 14.8 Å². The summed E-state index contributed by atoms with van der Waals surface area (Å²) < 4.78 is 5.49. The molecule has 1 atom stereocenters. The first-order chi connectivity index (χ1) is 15.6. The number of benzene rings is 2. The predicted molar refractivity (Wildman–Crippen MR) is 128 cm³/mol. The van der Waals surface area contributed by atoms with E-state index in [0.717, 1.165) is 53.5 Å². The smallest absolute Gasteiger partial charge is 0.187 e. The fraction of sp³-hybridized carbons (Fsp3) is 0.346. The number of anilines is 1. The van der Waals surface area contributed by atoms with Crippen molar-refractivity contribution in [3.05, 3.63) is 82.6 Å². The molecule has 1 aromatic heterocycles. The fourth-order valence-electron chi connectivity index (χ4n) is 4.17. The van der Waals surface area contributed by atoms with Gasteiger partial charge in [-0.3, -0.25) is 0 Å². The number of ether oxygens (including phenoxy) is 1. The molecule has 1 fully saturated rings. The van der Waals surface area contributed by atoms with E-state index in [-0.39, 0.29) is 5.92 Å². The molecule has 3 aromatic rings. The summed E-state index contributed by atoms with van der Waals surface area (Å²) in [7, 11) is 0. The van der Waals surface area contributed by atoms with Crippen molar-refractivity contribution in [1.82, 2.24) is 9.97 Å². The molecule has 1 aliphatic rings. The Hall–Kier alpha value is -3.27. The molecule has 2 aromatic carbocycles. The molecule has 0 bridgehead atoms. The molecule has 6 heteroatoms. The summed E-state index contributed by atoms with van der Waals surface area (Å²) in [6, 6.07) is 16.5. The highest BCUT2D eigenvalue weighted by molar-refractivity contribution is 5.72. The van der Waals surface area contributed by atoms with Crippen LogP contribution in [0.15, 0.2) is 48.5 Å². The Morgan fingerprint density at radius 3 is 2.53 bits per heavy atom. The number of nitrogens with two attached hydrogens (primary N) is 1. The van der Waals surface area contributed by atoms with Gasteiger partial charge in [-0.15, -0.1) is 0 Å². The van der Waals surface area contributed by atoms with Crippen molar-refractivity contribution in [2.24, 2.45) is 5.73 Å². The van der Waals surface area contributed by atoms with Crippen molar-refractivity contribution < 1.29 is 4.74 Å². The molecule has 0 radical (unpaired) electrons. The second-order valence-corrected chi connectivity index (χ2v) is 8.14. The lowest BCUT2D eigenvalue weighted by Crippen LogP contribution is -2.37. The number of nitrogens with zero attached hydrogens (tertiary/aromatic N) is 4. The number of hydrogen-bond acceptors (Lipinski definition) is 5. The van der Waals surface area contributed by atoms with Crippen molar-refractivity contribution in [3.63, 3.8) is 0 Å². The molecule has 0 aliphatic carbocycles. The van der Waals surface area contributed by atoms with Gasteiger partial charge in [0.1, 0.15) is 11.6 Å². The molecule has 32 heavy (non-hydrogen) atoms. The van der Waals surface area contributed by atoms with Crippen LogP contribution in [0.25, 0.3) is 16.0 Å². The fourth-order valence-corrected chi connectivity index (χ4v) is 4.17. The second-order valence-electron chi connectivity index (χ2n) is 8.14. The summed E-state index contributed by atoms with van der Waals surface area (Å²) in [5.41, 5.74) is 11.9. The van der Waals surface area contributed by atoms with E-state index in [0.29, 0.717) is 25.4 Å². The van der Waals surface area contributed by atoms with E-state index in [2.05, 4.69) is 52.0 Å². The van der Waals surface area contributed by atoms with E-state index in [9.17, 15) is 0 Å². The Morgan fingerprint density at radius 1 is 1.09 bits per heavy atom. The Morgan fingerprint density at radius 2 is 1.84 bits per heavy atom. The van der Waals surface area contributed by atoms with Crippen molar-refractivity contribution in [2.75, 3.05) is 37.7 Å². The highest BCUT2D eigenvalue weighted by Crippen LogP contribution is 2.36. The van der Waals surface area contributed by atoms with Crippen LogP contribution in [0.2, 0.25) is 0 Å². The van der Waals surface area contributed by atoms with E-state index >= 15 is 0 Å². The lowest BCUT2D eigenvalue weighted by Gasteiger charge is -2.28.